The van der Waals surface area contributed by atoms with Gasteiger partial charge in [0.05, 0.1) is 5.69 Å². The van der Waals surface area contributed by atoms with Gasteiger partial charge in [-0.2, -0.15) is 0 Å². The zero-order chi connectivity index (χ0) is 12.7. The van der Waals surface area contributed by atoms with Crippen molar-refractivity contribution in [3.8, 4) is 0 Å². The topological polar surface area (TPSA) is 29.3 Å². The van der Waals surface area contributed by atoms with Crippen LogP contribution in [0.5, 0.6) is 0 Å². The van der Waals surface area contributed by atoms with E-state index in [0.29, 0.717) is 0 Å². The van der Waals surface area contributed by atoms with Crippen LogP contribution in [-0.4, -0.2) is 13.1 Å². The number of anilines is 1. The van der Waals surface area contributed by atoms with Crippen LogP contribution in [0.15, 0.2) is 18.2 Å². The van der Waals surface area contributed by atoms with Gasteiger partial charge in [0, 0.05) is 19.1 Å². The summed E-state index contributed by atoms with van der Waals surface area (Å²) in [5.74, 6) is 1.46. The molecule has 0 amide bonds. The largest absolute Gasteiger partial charge is 0.369 e. The van der Waals surface area contributed by atoms with Gasteiger partial charge in [0.25, 0.3) is 0 Å². The van der Waals surface area contributed by atoms with Crippen molar-refractivity contribution in [1.29, 1.82) is 0 Å². The maximum atomic E-state index is 14.1. The lowest BCUT2D eigenvalue weighted by Gasteiger charge is -2.21. The highest BCUT2D eigenvalue weighted by molar-refractivity contribution is 5.50. The molecule has 3 heteroatoms. The molecule has 0 spiro atoms. The van der Waals surface area contributed by atoms with Crippen LogP contribution in [-0.2, 0) is 0 Å². The fraction of sp³-hybridized carbons (Fsp3) is 0.600. The fourth-order valence-corrected chi connectivity index (χ4v) is 3.49. The van der Waals surface area contributed by atoms with Crippen molar-refractivity contribution in [2.24, 2.45) is 17.6 Å². The number of hydrogen-bond acceptors (Lipinski definition) is 2. The van der Waals surface area contributed by atoms with Crippen molar-refractivity contribution in [2.45, 2.75) is 32.2 Å². The van der Waals surface area contributed by atoms with Crippen molar-refractivity contribution < 1.29 is 4.39 Å². The summed E-state index contributed by atoms with van der Waals surface area (Å²) >= 11 is 0. The van der Waals surface area contributed by atoms with Gasteiger partial charge in [-0.15, -0.1) is 0 Å². The molecule has 1 saturated heterocycles. The van der Waals surface area contributed by atoms with E-state index in [-0.39, 0.29) is 11.9 Å². The predicted octanol–water partition coefficient (Wildman–Crippen LogP) is 3.08. The Morgan fingerprint density at radius 1 is 1.28 bits per heavy atom. The minimum Gasteiger partial charge on any atom is -0.369 e. The molecule has 3 atom stereocenters. The predicted molar refractivity (Wildman–Crippen MR) is 72.0 cm³/mol. The van der Waals surface area contributed by atoms with E-state index in [1.165, 1.54) is 19.3 Å². The van der Waals surface area contributed by atoms with Crippen molar-refractivity contribution in [2.75, 3.05) is 18.0 Å². The third-order valence-corrected chi connectivity index (χ3v) is 4.56. The van der Waals surface area contributed by atoms with Crippen LogP contribution >= 0.6 is 0 Å². The molecular weight excluding hydrogens is 227 g/mol. The molecule has 1 saturated carbocycles. The highest BCUT2D eigenvalue weighted by Gasteiger charge is 2.36. The van der Waals surface area contributed by atoms with Crippen LogP contribution in [0, 0.1) is 17.7 Å². The molecule has 0 bridgehead atoms. The molecule has 1 aliphatic heterocycles. The lowest BCUT2D eigenvalue weighted by atomic mass is 10.0. The van der Waals surface area contributed by atoms with E-state index < -0.39 is 0 Å². The van der Waals surface area contributed by atoms with Crippen molar-refractivity contribution >= 4 is 5.69 Å². The zero-order valence-corrected chi connectivity index (χ0v) is 10.9. The summed E-state index contributed by atoms with van der Waals surface area (Å²) in [4.78, 5) is 2.22. The normalized spacial score (nSPS) is 28.5. The lowest BCUT2D eigenvalue weighted by Crippen LogP contribution is -2.22. The zero-order valence-electron chi connectivity index (χ0n) is 10.9. The van der Waals surface area contributed by atoms with E-state index >= 15 is 0 Å². The van der Waals surface area contributed by atoms with E-state index in [4.69, 9.17) is 5.73 Å². The maximum Gasteiger partial charge on any atom is 0.146 e. The Morgan fingerprint density at radius 2 is 1.94 bits per heavy atom. The van der Waals surface area contributed by atoms with Gasteiger partial charge in [-0.25, -0.2) is 4.39 Å². The third kappa shape index (κ3) is 2.01. The smallest absolute Gasteiger partial charge is 0.146 e. The molecule has 2 nitrogen and oxygen atoms in total. The summed E-state index contributed by atoms with van der Waals surface area (Å²) in [7, 11) is 0. The van der Waals surface area contributed by atoms with Gasteiger partial charge in [0.2, 0.25) is 0 Å². The third-order valence-electron chi connectivity index (χ3n) is 4.56. The van der Waals surface area contributed by atoms with Crippen LogP contribution in [0.3, 0.4) is 0 Å². The van der Waals surface area contributed by atoms with Crippen LogP contribution in [0.1, 0.15) is 37.8 Å². The summed E-state index contributed by atoms with van der Waals surface area (Å²) in [5, 5.41) is 0. The van der Waals surface area contributed by atoms with Gasteiger partial charge in [0.15, 0.2) is 0 Å². The highest BCUT2D eigenvalue weighted by Crippen LogP contribution is 2.40. The number of nitrogens with zero attached hydrogens (tertiary/aromatic N) is 1. The first-order valence-electron chi connectivity index (χ1n) is 6.95. The molecule has 0 radical (unpaired) electrons. The Kier molecular flexibility index (Phi) is 3.02. The van der Waals surface area contributed by atoms with Crippen LogP contribution in [0.25, 0.3) is 0 Å². The minimum absolute atomic E-state index is 0.105. The molecule has 18 heavy (non-hydrogen) atoms. The minimum atomic E-state index is -0.121. The van der Waals surface area contributed by atoms with Gasteiger partial charge < -0.3 is 10.6 Å². The van der Waals surface area contributed by atoms with E-state index in [1.54, 1.807) is 6.07 Å². The van der Waals surface area contributed by atoms with E-state index in [0.717, 1.165) is 36.2 Å². The van der Waals surface area contributed by atoms with E-state index in [1.807, 2.05) is 19.1 Å². The summed E-state index contributed by atoms with van der Waals surface area (Å²) in [5.41, 5.74) is 7.41. The molecule has 2 aliphatic rings. The quantitative estimate of drug-likeness (QED) is 0.871. The average molecular weight is 248 g/mol. The number of halogens is 1. The van der Waals surface area contributed by atoms with Gasteiger partial charge in [-0.3, -0.25) is 0 Å². The van der Waals surface area contributed by atoms with Crippen LogP contribution in [0.2, 0.25) is 0 Å². The van der Waals surface area contributed by atoms with Gasteiger partial charge in [-0.05, 0) is 49.3 Å². The van der Waals surface area contributed by atoms with E-state index in [2.05, 4.69) is 4.90 Å². The number of hydrogen-bond donors (Lipinski definition) is 1. The van der Waals surface area contributed by atoms with Gasteiger partial charge in [-0.1, -0.05) is 12.5 Å². The van der Waals surface area contributed by atoms with Crippen LogP contribution in [0.4, 0.5) is 10.1 Å². The Bertz CT molecular complexity index is 432. The first-order chi connectivity index (χ1) is 8.65. The Balaban J connectivity index is 1.81. The monoisotopic (exact) mass is 248 g/mol. The van der Waals surface area contributed by atoms with Crippen LogP contribution < -0.4 is 10.6 Å². The molecule has 2 unspecified atom stereocenters. The summed E-state index contributed by atoms with van der Waals surface area (Å²) in [6.07, 6.45) is 4.00. The van der Waals surface area contributed by atoms with Gasteiger partial charge in [0.1, 0.15) is 5.82 Å². The molecule has 98 valence electrons. The molecule has 2 N–H and O–H groups in total. The van der Waals surface area contributed by atoms with Crippen molar-refractivity contribution in [3.05, 3.63) is 29.6 Å². The number of fused-ring (bicyclic) bond motifs is 1. The second-order valence-electron chi connectivity index (χ2n) is 5.86. The Labute approximate surface area is 108 Å². The summed E-state index contributed by atoms with van der Waals surface area (Å²) in [6, 6.07) is 5.34. The molecule has 1 heterocycles. The molecule has 0 aromatic heterocycles. The SMILES string of the molecule is C[C@@H](N)c1ccc(N2CC3CCCC3C2)c(F)c1. The molecule has 2 fully saturated rings. The first-order valence-corrected chi connectivity index (χ1v) is 6.95. The van der Waals surface area contributed by atoms with Crippen molar-refractivity contribution in [1.82, 2.24) is 0 Å². The number of rotatable bonds is 2. The summed E-state index contributed by atoms with van der Waals surface area (Å²) < 4.78 is 14.1. The highest BCUT2D eigenvalue weighted by atomic mass is 19.1. The standard InChI is InChI=1S/C15H21FN2/c1-10(17)11-5-6-15(14(16)7-11)18-8-12-3-2-4-13(12)9-18/h5-7,10,12-13H,2-4,8-9,17H2,1H3/t10-,12?,13?/m1/s1. The van der Waals surface area contributed by atoms with Gasteiger partial charge >= 0.3 is 0 Å². The second-order valence-corrected chi connectivity index (χ2v) is 5.86. The Hall–Kier alpha value is -1.09. The lowest BCUT2D eigenvalue weighted by molar-refractivity contribution is 0.494. The molecule has 1 aliphatic carbocycles. The molecule has 3 rings (SSSR count). The van der Waals surface area contributed by atoms with Crippen molar-refractivity contribution in [3.63, 3.8) is 0 Å². The van der Waals surface area contributed by atoms with E-state index in [9.17, 15) is 4.39 Å². The maximum absolute atomic E-state index is 14.1. The fourth-order valence-electron chi connectivity index (χ4n) is 3.49. The average Bonchev–Trinajstić information content (AvgIpc) is 2.88. The number of nitrogens with two attached hydrogens (primary N) is 1. The molecular formula is C15H21FN2. The second kappa shape index (κ2) is 4.54. The number of benzene rings is 1. The molecule has 1 aromatic carbocycles. The Morgan fingerprint density at radius 3 is 2.50 bits per heavy atom. The molecule has 1 aromatic rings. The first kappa shape index (κ1) is 12.0. The summed E-state index contributed by atoms with van der Waals surface area (Å²) in [6.45, 7) is 3.94.